The van der Waals surface area contributed by atoms with Gasteiger partial charge in [-0.05, 0) is 29.7 Å². The lowest BCUT2D eigenvalue weighted by atomic mass is 9.89. The molecule has 0 heterocycles. The first-order valence-electron chi connectivity index (χ1n) is 6.02. The smallest absolute Gasteiger partial charge is 0.223 e. The molecular weight excluding hydrogens is 231 g/mol. The molecular formula is C14H21FN2O. The van der Waals surface area contributed by atoms with E-state index in [-0.39, 0.29) is 17.1 Å². The van der Waals surface area contributed by atoms with Crippen molar-refractivity contribution in [3.05, 3.63) is 35.6 Å². The van der Waals surface area contributed by atoms with Gasteiger partial charge >= 0.3 is 0 Å². The van der Waals surface area contributed by atoms with Crippen molar-refractivity contribution in [2.24, 2.45) is 11.1 Å². The minimum Gasteiger partial charge on any atom is -0.341 e. The van der Waals surface area contributed by atoms with Gasteiger partial charge in [-0.3, -0.25) is 4.79 Å². The van der Waals surface area contributed by atoms with Gasteiger partial charge in [-0.15, -0.1) is 0 Å². The maximum absolute atomic E-state index is 12.8. The van der Waals surface area contributed by atoms with Crippen molar-refractivity contribution >= 4 is 5.91 Å². The van der Waals surface area contributed by atoms with E-state index in [0.717, 1.165) is 5.56 Å². The molecule has 3 nitrogen and oxygen atoms in total. The van der Waals surface area contributed by atoms with Crippen LogP contribution in [0.15, 0.2) is 24.3 Å². The Morgan fingerprint density at radius 1 is 1.33 bits per heavy atom. The molecule has 1 rings (SSSR count). The Labute approximate surface area is 108 Å². The number of nitrogens with zero attached hydrogens (tertiary/aromatic N) is 1. The maximum atomic E-state index is 12.8. The molecule has 1 aromatic rings. The Bertz CT molecular complexity index is 401. The molecule has 0 atom stereocenters. The van der Waals surface area contributed by atoms with Crippen molar-refractivity contribution in [3.8, 4) is 0 Å². The predicted molar refractivity (Wildman–Crippen MR) is 70.3 cm³/mol. The molecule has 0 spiro atoms. The van der Waals surface area contributed by atoms with Gasteiger partial charge in [-0.2, -0.15) is 0 Å². The summed E-state index contributed by atoms with van der Waals surface area (Å²) in [5.41, 5.74) is 6.34. The Morgan fingerprint density at radius 3 is 2.39 bits per heavy atom. The van der Waals surface area contributed by atoms with Gasteiger partial charge in [0.1, 0.15) is 5.82 Å². The third-order valence-corrected chi connectivity index (χ3v) is 2.94. The van der Waals surface area contributed by atoms with Crippen LogP contribution in [0.25, 0.3) is 0 Å². The van der Waals surface area contributed by atoms with Gasteiger partial charge in [0.05, 0.1) is 0 Å². The summed E-state index contributed by atoms with van der Waals surface area (Å²) in [5.74, 6) is -0.216. The van der Waals surface area contributed by atoms with Gasteiger partial charge in [0, 0.05) is 20.0 Å². The highest BCUT2D eigenvalue weighted by atomic mass is 19.1. The van der Waals surface area contributed by atoms with Crippen molar-refractivity contribution in [2.45, 2.75) is 26.8 Å². The number of nitrogens with two attached hydrogens (primary N) is 1. The van der Waals surface area contributed by atoms with E-state index in [1.54, 1.807) is 24.1 Å². The Hall–Kier alpha value is -1.42. The summed E-state index contributed by atoms with van der Waals surface area (Å²) < 4.78 is 12.8. The largest absolute Gasteiger partial charge is 0.341 e. The SMILES string of the molecule is CN(Cc1ccc(F)cc1)C(=O)CC(C)(C)CN. The zero-order valence-electron chi connectivity index (χ0n) is 11.2. The van der Waals surface area contributed by atoms with Crippen molar-refractivity contribution in [1.29, 1.82) is 0 Å². The average molecular weight is 252 g/mol. The highest BCUT2D eigenvalue weighted by Gasteiger charge is 2.22. The fourth-order valence-corrected chi connectivity index (χ4v) is 1.57. The summed E-state index contributed by atoms with van der Waals surface area (Å²) in [6, 6.07) is 6.18. The topological polar surface area (TPSA) is 46.3 Å². The monoisotopic (exact) mass is 252 g/mol. The molecule has 2 N–H and O–H groups in total. The van der Waals surface area contributed by atoms with Gasteiger partial charge < -0.3 is 10.6 Å². The van der Waals surface area contributed by atoms with E-state index in [1.165, 1.54) is 12.1 Å². The fraction of sp³-hybridized carbons (Fsp3) is 0.500. The zero-order valence-corrected chi connectivity index (χ0v) is 11.2. The van der Waals surface area contributed by atoms with Gasteiger partial charge in [0.2, 0.25) is 5.91 Å². The van der Waals surface area contributed by atoms with Crippen molar-refractivity contribution in [2.75, 3.05) is 13.6 Å². The molecule has 0 bridgehead atoms. The average Bonchev–Trinajstić information content (AvgIpc) is 2.31. The van der Waals surface area contributed by atoms with Crippen LogP contribution in [0.1, 0.15) is 25.8 Å². The van der Waals surface area contributed by atoms with Crippen molar-refractivity contribution in [1.82, 2.24) is 4.90 Å². The molecule has 0 aliphatic rings. The highest BCUT2D eigenvalue weighted by Crippen LogP contribution is 2.19. The Morgan fingerprint density at radius 2 is 1.89 bits per heavy atom. The molecule has 1 amide bonds. The van der Waals surface area contributed by atoms with Crippen LogP contribution < -0.4 is 5.73 Å². The number of amides is 1. The van der Waals surface area contributed by atoms with Gasteiger partial charge in [-0.25, -0.2) is 4.39 Å². The van der Waals surface area contributed by atoms with Crippen molar-refractivity contribution < 1.29 is 9.18 Å². The first kappa shape index (κ1) is 14.6. The number of hydrogen-bond donors (Lipinski definition) is 1. The lowest BCUT2D eigenvalue weighted by molar-refractivity contribution is -0.132. The second-order valence-corrected chi connectivity index (χ2v) is 5.42. The predicted octanol–water partition coefficient (Wildman–Crippen LogP) is 2.16. The molecule has 18 heavy (non-hydrogen) atoms. The quantitative estimate of drug-likeness (QED) is 0.873. The summed E-state index contributed by atoms with van der Waals surface area (Å²) in [7, 11) is 1.75. The summed E-state index contributed by atoms with van der Waals surface area (Å²) in [4.78, 5) is 13.6. The van der Waals surface area contributed by atoms with Gasteiger partial charge in [-0.1, -0.05) is 26.0 Å². The molecule has 0 aliphatic heterocycles. The molecule has 0 aliphatic carbocycles. The van der Waals surface area contributed by atoms with E-state index in [4.69, 9.17) is 5.73 Å². The standard InChI is InChI=1S/C14H21FN2O/c1-14(2,10-16)8-13(18)17(3)9-11-4-6-12(15)7-5-11/h4-7H,8-10,16H2,1-3H3. The third-order valence-electron chi connectivity index (χ3n) is 2.94. The minimum atomic E-state index is -0.267. The Balaban J connectivity index is 2.57. The van der Waals surface area contributed by atoms with Crippen LogP contribution in [0.5, 0.6) is 0 Å². The van der Waals surface area contributed by atoms with Gasteiger partial charge in [0.15, 0.2) is 0 Å². The molecule has 0 aromatic heterocycles. The Kier molecular flexibility index (Phi) is 4.84. The summed E-state index contributed by atoms with van der Waals surface area (Å²) in [6.07, 6.45) is 0.418. The fourth-order valence-electron chi connectivity index (χ4n) is 1.57. The van der Waals surface area contributed by atoms with Crippen LogP contribution >= 0.6 is 0 Å². The first-order valence-corrected chi connectivity index (χ1v) is 6.02. The lowest BCUT2D eigenvalue weighted by Crippen LogP contribution is -2.34. The lowest BCUT2D eigenvalue weighted by Gasteiger charge is -2.25. The van der Waals surface area contributed by atoms with Crippen LogP contribution in [0.4, 0.5) is 4.39 Å². The van der Waals surface area contributed by atoms with Crippen LogP contribution in [0, 0.1) is 11.2 Å². The zero-order chi connectivity index (χ0) is 13.8. The summed E-state index contributed by atoms with van der Waals surface area (Å²) >= 11 is 0. The van der Waals surface area contributed by atoms with Gasteiger partial charge in [0.25, 0.3) is 0 Å². The number of rotatable bonds is 5. The number of hydrogen-bond acceptors (Lipinski definition) is 2. The van der Waals surface area contributed by atoms with Crippen LogP contribution in [0.3, 0.4) is 0 Å². The van der Waals surface area contributed by atoms with Crippen LogP contribution in [-0.4, -0.2) is 24.4 Å². The molecule has 4 heteroatoms. The number of benzene rings is 1. The summed E-state index contributed by atoms with van der Waals surface area (Å²) in [6.45, 7) is 4.90. The summed E-state index contributed by atoms with van der Waals surface area (Å²) in [5, 5.41) is 0. The van der Waals surface area contributed by atoms with E-state index < -0.39 is 0 Å². The second kappa shape index (κ2) is 5.96. The number of halogens is 1. The minimum absolute atomic E-state index is 0.0507. The number of carbonyl (C=O) groups is 1. The molecule has 0 fully saturated rings. The molecule has 0 unspecified atom stereocenters. The molecule has 0 saturated heterocycles. The van der Waals surface area contributed by atoms with Crippen molar-refractivity contribution in [3.63, 3.8) is 0 Å². The first-order chi connectivity index (χ1) is 8.34. The molecule has 1 aromatic carbocycles. The van der Waals surface area contributed by atoms with E-state index in [2.05, 4.69) is 0 Å². The van der Waals surface area contributed by atoms with Crippen LogP contribution in [-0.2, 0) is 11.3 Å². The van der Waals surface area contributed by atoms with E-state index in [0.29, 0.717) is 19.5 Å². The molecule has 100 valence electrons. The third kappa shape index (κ3) is 4.45. The van der Waals surface area contributed by atoms with Crippen LogP contribution in [0.2, 0.25) is 0 Å². The number of carbonyl (C=O) groups excluding carboxylic acids is 1. The van der Waals surface area contributed by atoms with E-state index in [9.17, 15) is 9.18 Å². The molecule has 0 radical (unpaired) electrons. The second-order valence-electron chi connectivity index (χ2n) is 5.42. The van der Waals surface area contributed by atoms with E-state index >= 15 is 0 Å². The normalized spacial score (nSPS) is 11.4. The van der Waals surface area contributed by atoms with E-state index in [1.807, 2.05) is 13.8 Å². The highest BCUT2D eigenvalue weighted by molar-refractivity contribution is 5.76. The maximum Gasteiger partial charge on any atom is 0.223 e. The molecule has 0 saturated carbocycles.